The quantitative estimate of drug-likeness (QED) is 0.167. The van der Waals surface area contributed by atoms with Crippen molar-refractivity contribution in [3.05, 3.63) is 106 Å². The van der Waals surface area contributed by atoms with Gasteiger partial charge in [-0.15, -0.1) is 0 Å². The van der Waals surface area contributed by atoms with Crippen molar-refractivity contribution in [2.24, 2.45) is 17.8 Å². The van der Waals surface area contributed by atoms with E-state index in [1.54, 1.807) is 58.1 Å². The molecule has 0 radical (unpaired) electrons. The summed E-state index contributed by atoms with van der Waals surface area (Å²) in [5, 5.41) is 56.2. The molecule has 6 atom stereocenters. The number of aromatic hydroxyl groups is 1. The first kappa shape index (κ1) is 39.5. The van der Waals surface area contributed by atoms with E-state index < -0.39 is 87.7 Å². The van der Waals surface area contributed by atoms with Gasteiger partial charge in [0.25, 0.3) is 5.78 Å². The summed E-state index contributed by atoms with van der Waals surface area (Å²) in [5.41, 5.74) is -1.36. The van der Waals surface area contributed by atoms with Crippen molar-refractivity contribution < 1.29 is 49.5 Å². The van der Waals surface area contributed by atoms with E-state index >= 15 is 0 Å². The van der Waals surface area contributed by atoms with Gasteiger partial charge in [-0.25, -0.2) is 0 Å². The topological polar surface area (TPSA) is 199 Å². The molecular formula is C39H45NO10. The lowest BCUT2D eigenvalue weighted by Crippen LogP contribution is -2.35. The van der Waals surface area contributed by atoms with Gasteiger partial charge in [0.2, 0.25) is 11.7 Å². The van der Waals surface area contributed by atoms with Crippen LogP contribution in [0.5, 0.6) is 5.75 Å². The standard InChI is InChI=1S/C39H45NO10/c1-20-11-9-7-8-10-12-30(44)40-33-37(48)27-18-25(6)36(47)32(31(27)38(49)39(33)50)35(46)24(5)17-23(4)34(45)22(3)14-16-26(41)15-13-21(2)29(43)19-28(20)42/h7-14,16-18,20,22-23,26,28,34,41-42,45,47-48H,15,19H2,1-6H3,(H,40,44)/t20-,22+,23+,26+,28+,34+/m1/s1. The molecular weight excluding hydrogens is 642 g/mol. The summed E-state index contributed by atoms with van der Waals surface area (Å²) < 4.78 is 0. The number of phenols is 1. The smallest absolute Gasteiger partial charge is 0.253 e. The number of carbonyl (C=O) groups excluding carboxylic acids is 5. The van der Waals surface area contributed by atoms with Gasteiger partial charge in [0.05, 0.1) is 29.4 Å². The normalized spacial score (nSPS) is 26.7. The highest BCUT2D eigenvalue weighted by molar-refractivity contribution is 6.53. The number of carbonyl (C=O) groups is 5. The third-order valence-corrected chi connectivity index (χ3v) is 8.81. The summed E-state index contributed by atoms with van der Waals surface area (Å²) in [6.07, 6.45) is 11.9. The molecule has 0 fully saturated rings. The van der Waals surface area contributed by atoms with Crippen molar-refractivity contribution >= 4 is 34.8 Å². The highest BCUT2D eigenvalue weighted by Gasteiger charge is 2.39. The highest BCUT2D eigenvalue weighted by Crippen LogP contribution is 2.37. The maximum atomic E-state index is 13.7. The van der Waals surface area contributed by atoms with Crippen LogP contribution in [0.1, 0.15) is 79.3 Å². The number of nitrogens with one attached hydrogen (secondary N) is 1. The third-order valence-electron chi connectivity index (χ3n) is 8.81. The fraction of sp³-hybridized carbons (Fsp3) is 0.359. The lowest BCUT2D eigenvalue weighted by atomic mass is 9.82. The Labute approximate surface area is 291 Å². The van der Waals surface area contributed by atoms with Crippen LogP contribution in [0.4, 0.5) is 0 Å². The molecule has 2 aliphatic heterocycles. The van der Waals surface area contributed by atoms with Crippen molar-refractivity contribution in [2.45, 2.75) is 72.7 Å². The van der Waals surface area contributed by atoms with Gasteiger partial charge in [0.15, 0.2) is 17.3 Å². The van der Waals surface area contributed by atoms with Crippen LogP contribution in [0.3, 0.4) is 0 Å². The summed E-state index contributed by atoms with van der Waals surface area (Å²) in [6.45, 7) is 9.57. The second kappa shape index (κ2) is 17.1. The molecule has 2 heterocycles. The molecule has 1 aliphatic carbocycles. The van der Waals surface area contributed by atoms with E-state index in [-0.39, 0.29) is 35.3 Å². The van der Waals surface area contributed by atoms with E-state index in [0.717, 1.165) is 6.08 Å². The number of phenolic OH excluding ortho intramolecular Hbond substituents is 1. The summed E-state index contributed by atoms with van der Waals surface area (Å²) >= 11 is 0. The molecule has 3 aliphatic rings. The summed E-state index contributed by atoms with van der Waals surface area (Å²) in [7, 11) is 0. The van der Waals surface area contributed by atoms with E-state index in [9.17, 15) is 49.5 Å². The molecule has 11 heteroatoms. The minimum atomic E-state index is -1.29. The second-order valence-electron chi connectivity index (χ2n) is 12.9. The Bertz CT molecular complexity index is 1770. The monoisotopic (exact) mass is 687 g/mol. The Hall–Kier alpha value is -4.97. The van der Waals surface area contributed by atoms with Gasteiger partial charge in [0, 0.05) is 35.8 Å². The number of aliphatic hydroxyl groups is 4. The Morgan fingerprint density at radius 1 is 0.720 bits per heavy atom. The number of fused-ring (bicyclic) bond motifs is 18. The summed E-state index contributed by atoms with van der Waals surface area (Å²) in [6, 6.07) is 1.23. The maximum absolute atomic E-state index is 13.7. The molecule has 0 aromatic heterocycles. The van der Waals surface area contributed by atoms with Gasteiger partial charge < -0.3 is 30.8 Å². The number of amides is 1. The fourth-order valence-corrected chi connectivity index (χ4v) is 5.53. The van der Waals surface area contributed by atoms with E-state index in [1.807, 2.05) is 0 Å². The Morgan fingerprint density at radius 3 is 2.06 bits per heavy atom. The van der Waals surface area contributed by atoms with Gasteiger partial charge >= 0.3 is 0 Å². The lowest BCUT2D eigenvalue weighted by molar-refractivity contribution is -0.118. The van der Waals surface area contributed by atoms with Crippen LogP contribution in [0, 0.1) is 24.7 Å². The zero-order chi connectivity index (χ0) is 37.4. The molecule has 0 spiro atoms. The van der Waals surface area contributed by atoms with E-state index in [4.69, 9.17) is 0 Å². The number of aliphatic hydroxyl groups excluding tert-OH is 4. The molecule has 11 nitrogen and oxygen atoms in total. The molecule has 4 bridgehead atoms. The van der Waals surface area contributed by atoms with Crippen molar-refractivity contribution in [3.8, 4) is 5.75 Å². The first-order valence-corrected chi connectivity index (χ1v) is 16.3. The van der Waals surface area contributed by atoms with Crippen LogP contribution in [0.15, 0.2) is 83.7 Å². The average Bonchev–Trinajstić information content (AvgIpc) is 3.07. The van der Waals surface area contributed by atoms with Crippen LogP contribution < -0.4 is 5.32 Å². The predicted octanol–water partition coefficient (Wildman–Crippen LogP) is 4.46. The molecule has 0 saturated carbocycles. The van der Waals surface area contributed by atoms with Gasteiger partial charge in [0.1, 0.15) is 11.4 Å². The number of Topliss-reactive ketones (excluding diaryl/α,β-unsaturated/α-hetero) is 4. The molecule has 0 unspecified atom stereocenters. The SMILES string of the molecule is CC1=CC[C@H](O)C=C[C@H](C)[C@H](O)[C@@H](C)C=C(C)C(=O)c2c(O)c(C)cc3c2C(=O)C(=O)C(=C3O)NC(=O)C=CC=CC=C[C@@H](C)[C@@H](O)CC1=O. The molecule has 1 aromatic carbocycles. The van der Waals surface area contributed by atoms with Crippen LogP contribution in [0.2, 0.25) is 0 Å². The van der Waals surface area contributed by atoms with Gasteiger partial charge in [-0.1, -0.05) is 75.5 Å². The van der Waals surface area contributed by atoms with Crippen molar-refractivity contribution in [3.63, 3.8) is 0 Å². The number of hydrogen-bond donors (Lipinski definition) is 6. The van der Waals surface area contributed by atoms with Crippen LogP contribution in [-0.2, 0) is 14.4 Å². The second-order valence-corrected chi connectivity index (χ2v) is 12.9. The molecule has 1 amide bonds. The molecule has 1 aromatic rings. The Balaban J connectivity index is 2.07. The van der Waals surface area contributed by atoms with Gasteiger partial charge in [-0.3, -0.25) is 24.0 Å². The number of benzene rings is 1. The van der Waals surface area contributed by atoms with Crippen molar-refractivity contribution in [1.29, 1.82) is 0 Å². The number of hydrogen-bond acceptors (Lipinski definition) is 10. The number of aryl methyl sites for hydroxylation is 1. The lowest BCUT2D eigenvalue weighted by Gasteiger charge is -2.23. The minimum Gasteiger partial charge on any atom is -0.507 e. The van der Waals surface area contributed by atoms with E-state index in [2.05, 4.69) is 5.32 Å². The maximum Gasteiger partial charge on any atom is 0.253 e. The number of ketones is 4. The zero-order valence-electron chi connectivity index (χ0n) is 29.0. The van der Waals surface area contributed by atoms with Crippen molar-refractivity contribution in [1.82, 2.24) is 5.32 Å². The average molecular weight is 688 g/mol. The van der Waals surface area contributed by atoms with Crippen LogP contribution in [0.25, 0.3) is 5.76 Å². The van der Waals surface area contributed by atoms with Crippen LogP contribution in [-0.4, -0.2) is 72.9 Å². The molecule has 50 heavy (non-hydrogen) atoms. The Kier molecular flexibility index (Phi) is 13.5. The first-order valence-electron chi connectivity index (χ1n) is 16.3. The van der Waals surface area contributed by atoms with Crippen LogP contribution >= 0.6 is 0 Å². The highest BCUT2D eigenvalue weighted by atomic mass is 16.3. The molecule has 266 valence electrons. The minimum absolute atomic E-state index is 0.0421. The van der Waals surface area contributed by atoms with E-state index in [1.165, 1.54) is 44.2 Å². The summed E-state index contributed by atoms with van der Waals surface area (Å²) in [5.74, 6) is -7.27. The van der Waals surface area contributed by atoms with Crippen molar-refractivity contribution in [2.75, 3.05) is 0 Å². The predicted molar refractivity (Wildman–Crippen MR) is 188 cm³/mol. The van der Waals surface area contributed by atoms with Gasteiger partial charge in [-0.2, -0.15) is 0 Å². The Morgan fingerprint density at radius 2 is 1.38 bits per heavy atom. The third kappa shape index (κ3) is 9.38. The first-order chi connectivity index (χ1) is 23.5. The number of rotatable bonds is 0. The largest absolute Gasteiger partial charge is 0.507 e. The molecule has 6 N–H and O–H groups in total. The van der Waals surface area contributed by atoms with E-state index in [0.29, 0.717) is 5.57 Å². The van der Waals surface area contributed by atoms with Gasteiger partial charge in [-0.05, 0) is 50.0 Å². The molecule has 4 rings (SSSR count). The number of allylic oxidation sites excluding steroid dienone is 7. The zero-order valence-corrected chi connectivity index (χ0v) is 29.0. The molecule has 0 saturated heterocycles. The summed E-state index contributed by atoms with van der Waals surface area (Å²) in [4.78, 5) is 65.5. The fourth-order valence-electron chi connectivity index (χ4n) is 5.53.